The van der Waals surface area contributed by atoms with Gasteiger partial charge < -0.3 is 15.5 Å². The van der Waals surface area contributed by atoms with E-state index in [1.54, 1.807) is 17.6 Å². The van der Waals surface area contributed by atoms with E-state index in [1.807, 2.05) is 19.1 Å². The van der Waals surface area contributed by atoms with E-state index in [9.17, 15) is 0 Å². The lowest BCUT2D eigenvalue weighted by molar-refractivity contribution is 0.517. The van der Waals surface area contributed by atoms with E-state index in [-0.39, 0.29) is 6.04 Å². The molecule has 3 rings (SSSR count). The minimum atomic E-state index is 0.122. The Labute approximate surface area is 126 Å². The van der Waals surface area contributed by atoms with Crippen LogP contribution in [-0.4, -0.2) is 21.5 Å². The molecule has 3 aromatic rings. The molecule has 0 fully saturated rings. The zero-order valence-electron chi connectivity index (χ0n) is 12.0. The first kappa shape index (κ1) is 14.0. The fraction of sp³-hybridized carbons (Fsp3) is 0.357. The van der Waals surface area contributed by atoms with Gasteiger partial charge >= 0.3 is 0 Å². The second-order valence-corrected chi connectivity index (χ2v) is 6.19. The quantitative estimate of drug-likeness (QED) is 0.752. The third kappa shape index (κ3) is 2.88. The van der Waals surface area contributed by atoms with Crippen molar-refractivity contribution in [3.8, 4) is 0 Å². The van der Waals surface area contributed by atoms with Gasteiger partial charge in [-0.1, -0.05) is 0 Å². The molecule has 0 amide bonds. The topological polar surface area (TPSA) is 89.9 Å². The summed E-state index contributed by atoms with van der Waals surface area (Å²) in [6.45, 7) is 4.63. The van der Waals surface area contributed by atoms with Crippen LogP contribution < -0.4 is 11.1 Å². The lowest BCUT2D eigenvalue weighted by Gasteiger charge is -2.02. The summed E-state index contributed by atoms with van der Waals surface area (Å²) in [5, 5.41) is 15.4. The first-order valence-electron chi connectivity index (χ1n) is 6.78. The van der Waals surface area contributed by atoms with Crippen molar-refractivity contribution >= 4 is 27.4 Å². The van der Waals surface area contributed by atoms with Crippen LogP contribution in [0.5, 0.6) is 0 Å². The van der Waals surface area contributed by atoms with Crippen molar-refractivity contribution < 1.29 is 4.42 Å². The highest BCUT2D eigenvalue weighted by atomic mass is 32.1. The molecule has 7 heteroatoms. The highest BCUT2D eigenvalue weighted by molar-refractivity contribution is 7.19. The van der Waals surface area contributed by atoms with Crippen molar-refractivity contribution in [3.05, 3.63) is 34.6 Å². The van der Waals surface area contributed by atoms with Gasteiger partial charge in [-0.15, -0.1) is 21.5 Å². The van der Waals surface area contributed by atoms with E-state index in [2.05, 4.69) is 27.7 Å². The maximum Gasteiger partial charge on any atom is 0.170 e. The third-order valence-electron chi connectivity index (χ3n) is 3.24. The Balaban J connectivity index is 1.91. The molecule has 0 bridgehead atoms. The van der Waals surface area contributed by atoms with E-state index in [4.69, 9.17) is 10.2 Å². The number of fused-ring (bicyclic) bond motifs is 1. The van der Waals surface area contributed by atoms with Crippen LogP contribution in [0.4, 0.5) is 5.82 Å². The second-order valence-electron chi connectivity index (χ2n) is 5.08. The number of furan rings is 1. The summed E-state index contributed by atoms with van der Waals surface area (Å²) >= 11 is 1.68. The average molecular weight is 303 g/mol. The molecule has 0 spiro atoms. The molecule has 0 aliphatic rings. The van der Waals surface area contributed by atoms with Crippen LogP contribution in [0.25, 0.3) is 10.2 Å². The number of aromatic nitrogens is 3. The van der Waals surface area contributed by atoms with Crippen LogP contribution in [0.3, 0.4) is 0 Å². The normalized spacial score (nSPS) is 12.7. The van der Waals surface area contributed by atoms with Gasteiger partial charge in [0.25, 0.3) is 0 Å². The van der Waals surface area contributed by atoms with Crippen LogP contribution in [0.15, 0.2) is 22.8 Å². The Morgan fingerprint density at radius 1 is 1.43 bits per heavy atom. The van der Waals surface area contributed by atoms with Crippen LogP contribution in [0, 0.1) is 6.92 Å². The van der Waals surface area contributed by atoms with E-state index in [0.717, 1.165) is 33.8 Å². The molecule has 0 aliphatic heterocycles. The van der Waals surface area contributed by atoms with Gasteiger partial charge in [0.2, 0.25) is 0 Å². The summed E-state index contributed by atoms with van der Waals surface area (Å²) in [7, 11) is 0. The molecule has 3 N–H and O–H groups in total. The predicted octanol–water partition coefficient (Wildman–Crippen LogP) is 2.49. The molecule has 0 saturated carbocycles. The molecule has 3 heterocycles. The lowest BCUT2D eigenvalue weighted by atomic mass is 10.1. The van der Waals surface area contributed by atoms with Crippen LogP contribution in [0.1, 0.15) is 23.1 Å². The van der Waals surface area contributed by atoms with E-state index in [0.29, 0.717) is 6.54 Å². The predicted molar refractivity (Wildman–Crippen MR) is 83.3 cm³/mol. The molecular weight excluding hydrogens is 286 g/mol. The standard InChI is InChI=1S/C14H17N5OS/c1-8(15)6-11-9(2)12-13(21-11)14(18-19-17-12)16-7-10-4-3-5-20-10/h3-5,8H,6-7,15H2,1-2H3,(H,16,17,18)/t8-/m0/s1. The summed E-state index contributed by atoms with van der Waals surface area (Å²) in [6.07, 6.45) is 2.49. The third-order valence-corrected chi connectivity index (χ3v) is 4.55. The summed E-state index contributed by atoms with van der Waals surface area (Å²) < 4.78 is 6.33. The zero-order valence-corrected chi connectivity index (χ0v) is 12.8. The number of nitrogens with zero attached hydrogens (tertiary/aromatic N) is 3. The van der Waals surface area contributed by atoms with Crippen LogP contribution in [-0.2, 0) is 13.0 Å². The Hall–Kier alpha value is -1.99. The Bertz CT molecular complexity index is 735. The first-order chi connectivity index (χ1) is 10.1. The summed E-state index contributed by atoms with van der Waals surface area (Å²) in [5.41, 5.74) is 7.94. The van der Waals surface area contributed by atoms with Crippen LogP contribution in [0.2, 0.25) is 0 Å². The number of hydrogen-bond donors (Lipinski definition) is 2. The lowest BCUT2D eigenvalue weighted by Crippen LogP contribution is -2.17. The van der Waals surface area contributed by atoms with Gasteiger partial charge in [0.15, 0.2) is 5.82 Å². The number of nitrogens with one attached hydrogen (secondary N) is 1. The SMILES string of the molecule is Cc1c(C[C@H](C)N)sc2c(NCc3ccco3)nnnc12. The van der Waals surface area contributed by atoms with Gasteiger partial charge in [-0.2, -0.15) is 0 Å². The second kappa shape index (κ2) is 5.79. The van der Waals surface area contributed by atoms with Gasteiger partial charge in [-0.3, -0.25) is 0 Å². The van der Waals surface area contributed by atoms with Gasteiger partial charge in [0, 0.05) is 10.9 Å². The molecule has 6 nitrogen and oxygen atoms in total. The molecule has 0 aromatic carbocycles. The summed E-state index contributed by atoms with van der Waals surface area (Å²) in [6, 6.07) is 3.90. The first-order valence-corrected chi connectivity index (χ1v) is 7.60. The van der Waals surface area contributed by atoms with Crippen molar-refractivity contribution in [2.45, 2.75) is 32.9 Å². The summed E-state index contributed by atoms with van der Waals surface area (Å²) in [4.78, 5) is 1.24. The minimum Gasteiger partial charge on any atom is -0.467 e. The Morgan fingerprint density at radius 3 is 3.00 bits per heavy atom. The van der Waals surface area contributed by atoms with E-state index < -0.39 is 0 Å². The van der Waals surface area contributed by atoms with Gasteiger partial charge in [-0.05, 0) is 43.2 Å². The number of thiophene rings is 1. The number of rotatable bonds is 5. The Morgan fingerprint density at radius 2 is 2.29 bits per heavy atom. The molecule has 0 saturated heterocycles. The van der Waals surface area contributed by atoms with Gasteiger partial charge in [-0.25, -0.2) is 0 Å². The largest absolute Gasteiger partial charge is 0.467 e. The highest BCUT2D eigenvalue weighted by Crippen LogP contribution is 2.33. The van der Waals surface area contributed by atoms with Crippen LogP contribution >= 0.6 is 11.3 Å². The van der Waals surface area contributed by atoms with Crippen molar-refractivity contribution in [2.75, 3.05) is 5.32 Å². The van der Waals surface area contributed by atoms with Crippen molar-refractivity contribution in [2.24, 2.45) is 5.73 Å². The van der Waals surface area contributed by atoms with Crippen molar-refractivity contribution in [3.63, 3.8) is 0 Å². The maximum absolute atomic E-state index is 5.90. The maximum atomic E-state index is 5.90. The van der Waals surface area contributed by atoms with Gasteiger partial charge in [0.05, 0.1) is 17.5 Å². The van der Waals surface area contributed by atoms with Crippen molar-refractivity contribution in [1.82, 2.24) is 15.4 Å². The van der Waals surface area contributed by atoms with E-state index in [1.165, 1.54) is 4.88 Å². The number of aryl methyl sites for hydroxylation is 1. The molecule has 21 heavy (non-hydrogen) atoms. The highest BCUT2D eigenvalue weighted by Gasteiger charge is 2.15. The minimum absolute atomic E-state index is 0.122. The smallest absolute Gasteiger partial charge is 0.170 e. The van der Waals surface area contributed by atoms with Gasteiger partial charge in [0.1, 0.15) is 11.3 Å². The zero-order chi connectivity index (χ0) is 14.8. The molecule has 3 aromatic heterocycles. The number of hydrogen-bond acceptors (Lipinski definition) is 7. The Kier molecular flexibility index (Phi) is 3.85. The molecular formula is C14H17N5OS. The molecule has 0 radical (unpaired) electrons. The van der Waals surface area contributed by atoms with Crippen molar-refractivity contribution in [1.29, 1.82) is 0 Å². The fourth-order valence-electron chi connectivity index (χ4n) is 2.18. The number of nitrogens with two attached hydrogens (primary N) is 1. The molecule has 1 atom stereocenters. The summed E-state index contributed by atoms with van der Waals surface area (Å²) in [5.74, 6) is 1.59. The molecule has 110 valence electrons. The number of anilines is 1. The average Bonchev–Trinajstić information content (AvgIpc) is 3.06. The monoisotopic (exact) mass is 303 g/mol. The molecule has 0 aliphatic carbocycles. The van der Waals surface area contributed by atoms with E-state index >= 15 is 0 Å². The fourth-order valence-corrected chi connectivity index (χ4v) is 3.52. The molecule has 0 unspecified atom stereocenters.